The molecule has 0 unspecified atom stereocenters. The quantitative estimate of drug-likeness (QED) is 0.704. The molecular weight excluding hydrogens is 275 g/mol. The Balaban J connectivity index is 2.33. The van der Waals surface area contributed by atoms with E-state index in [1.165, 1.54) is 0 Å². The van der Waals surface area contributed by atoms with E-state index < -0.39 is 0 Å². The molecule has 2 amide bonds. The van der Waals surface area contributed by atoms with Gasteiger partial charge in [0.05, 0.1) is 10.7 Å². The van der Waals surface area contributed by atoms with Gasteiger partial charge in [-0.2, -0.15) is 0 Å². The van der Waals surface area contributed by atoms with Crippen molar-refractivity contribution in [3.63, 3.8) is 0 Å². The smallest absolute Gasteiger partial charge is 0.319 e. The second kappa shape index (κ2) is 8.19. The molecule has 0 spiro atoms. The van der Waals surface area contributed by atoms with E-state index >= 15 is 0 Å². The number of hydrogen-bond acceptors (Lipinski definition) is 2. The number of nitrogens with one attached hydrogen (secondary N) is 2. The van der Waals surface area contributed by atoms with Crippen LogP contribution in [0.1, 0.15) is 19.3 Å². The third kappa shape index (κ3) is 5.58. The first-order chi connectivity index (χ1) is 8.63. The molecule has 1 aromatic carbocycles. The summed E-state index contributed by atoms with van der Waals surface area (Å²) in [6, 6.07) is 4.56. The van der Waals surface area contributed by atoms with Gasteiger partial charge in [0.2, 0.25) is 0 Å². The summed E-state index contributed by atoms with van der Waals surface area (Å²) in [5, 5.41) is 14.9. The van der Waals surface area contributed by atoms with Crippen LogP contribution in [0.3, 0.4) is 0 Å². The van der Waals surface area contributed by atoms with Gasteiger partial charge in [-0.25, -0.2) is 4.79 Å². The van der Waals surface area contributed by atoms with Crippen molar-refractivity contribution in [2.75, 3.05) is 18.5 Å². The largest absolute Gasteiger partial charge is 0.396 e. The molecule has 6 heteroatoms. The van der Waals surface area contributed by atoms with Crippen LogP contribution >= 0.6 is 23.2 Å². The van der Waals surface area contributed by atoms with Crippen LogP contribution in [-0.2, 0) is 0 Å². The van der Waals surface area contributed by atoms with Gasteiger partial charge in [0, 0.05) is 18.2 Å². The van der Waals surface area contributed by atoms with Crippen molar-refractivity contribution in [1.82, 2.24) is 5.32 Å². The molecule has 0 bridgehead atoms. The first kappa shape index (κ1) is 15.1. The van der Waals surface area contributed by atoms with Crippen molar-refractivity contribution >= 4 is 34.9 Å². The van der Waals surface area contributed by atoms with Crippen molar-refractivity contribution in [2.45, 2.75) is 19.3 Å². The van der Waals surface area contributed by atoms with Crippen LogP contribution in [0.5, 0.6) is 0 Å². The second-order valence-corrected chi connectivity index (χ2v) is 4.63. The summed E-state index contributed by atoms with van der Waals surface area (Å²) < 4.78 is 0. The average molecular weight is 291 g/mol. The normalized spacial score (nSPS) is 10.2. The molecular formula is C12H16Cl2N2O2. The summed E-state index contributed by atoms with van der Waals surface area (Å²) in [4.78, 5) is 11.5. The summed E-state index contributed by atoms with van der Waals surface area (Å²) in [7, 11) is 0. The van der Waals surface area contributed by atoms with Crippen LogP contribution in [-0.4, -0.2) is 24.3 Å². The number of benzene rings is 1. The van der Waals surface area contributed by atoms with Crippen LogP contribution in [0.25, 0.3) is 0 Å². The fourth-order valence-electron chi connectivity index (χ4n) is 1.38. The van der Waals surface area contributed by atoms with Crippen LogP contribution in [0, 0.1) is 0 Å². The van der Waals surface area contributed by atoms with Crippen molar-refractivity contribution in [2.24, 2.45) is 0 Å². The number of carbonyl (C=O) groups is 1. The van der Waals surface area contributed by atoms with Crippen LogP contribution < -0.4 is 10.6 Å². The molecule has 0 saturated carbocycles. The molecule has 0 aromatic heterocycles. The standard InChI is InChI=1S/C12H16Cl2N2O2/c13-9-4-5-10(14)11(8-9)16-12(18)15-6-2-1-3-7-17/h4-5,8,17H,1-3,6-7H2,(H2,15,16,18). The van der Waals surface area contributed by atoms with E-state index in [2.05, 4.69) is 10.6 Å². The van der Waals surface area contributed by atoms with Gasteiger partial charge in [0.1, 0.15) is 0 Å². The number of unbranched alkanes of at least 4 members (excludes halogenated alkanes) is 2. The first-order valence-electron chi connectivity index (χ1n) is 5.74. The second-order valence-electron chi connectivity index (χ2n) is 3.79. The first-order valence-corrected chi connectivity index (χ1v) is 6.50. The summed E-state index contributed by atoms with van der Waals surface area (Å²) in [6.07, 6.45) is 2.47. The van der Waals surface area contributed by atoms with Crippen molar-refractivity contribution in [1.29, 1.82) is 0 Å². The minimum absolute atomic E-state index is 0.185. The van der Waals surface area contributed by atoms with Gasteiger partial charge in [-0.05, 0) is 37.5 Å². The zero-order chi connectivity index (χ0) is 13.4. The van der Waals surface area contributed by atoms with Gasteiger partial charge in [0.15, 0.2) is 0 Å². The minimum Gasteiger partial charge on any atom is -0.396 e. The van der Waals surface area contributed by atoms with Crippen LogP contribution in [0.2, 0.25) is 10.0 Å². The number of anilines is 1. The van der Waals surface area contributed by atoms with Gasteiger partial charge < -0.3 is 15.7 Å². The predicted octanol–water partition coefficient (Wildman–Crippen LogP) is 3.28. The van der Waals surface area contributed by atoms with Gasteiger partial charge >= 0.3 is 6.03 Å². The number of urea groups is 1. The van der Waals surface area contributed by atoms with E-state index in [9.17, 15) is 4.79 Å². The maximum absolute atomic E-state index is 11.5. The molecule has 0 aliphatic rings. The van der Waals surface area contributed by atoms with Crippen molar-refractivity contribution < 1.29 is 9.90 Å². The van der Waals surface area contributed by atoms with E-state index in [0.717, 1.165) is 19.3 Å². The van der Waals surface area contributed by atoms with Gasteiger partial charge in [-0.15, -0.1) is 0 Å². The molecule has 4 nitrogen and oxygen atoms in total. The molecule has 0 saturated heterocycles. The van der Waals surface area contributed by atoms with Crippen LogP contribution in [0.4, 0.5) is 10.5 Å². The molecule has 1 rings (SSSR count). The van der Waals surface area contributed by atoms with E-state index in [-0.39, 0.29) is 12.6 Å². The monoisotopic (exact) mass is 290 g/mol. The molecule has 0 aliphatic heterocycles. The Bertz CT molecular complexity index is 400. The Labute approximate surface area is 116 Å². The topological polar surface area (TPSA) is 61.4 Å². The summed E-state index contributed by atoms with van der Waals surface area (Å²) >= 11 is 11.7. The van der Waals surface area contributed by atoms with Crippen LogP contribution in [0.15, 0.2) is 18.2 Å². The lowest BCUT2D eigenvalue weighted by molar-refractivity contribution is 0.251. The van der Waals surface area contributed by atoms with Gasteiger partial charge in [-0.1, -0.05) is 23.2 Å². The van der Waals surface area contributed by atoms with E-state index in [4.69, 9.17) is 28.3 Å². The maximum Gasteiger partial charge on any atom is 0.319 e. The lowest BCUT2D eigenvalue weighted by Gasteiger charge is -2.09. The number of rotatable bonds is 6. The fraction of sp³-hybridized carbons (Fsp3) is 0.417. The number of carbonyl (C=O) groups excluding carboxylic acids is 1. The number of aliphatic hydroxyl groups is 1. The Hall–Kier alpha value is -0.970. The Morgan fingerprint density at radius 3 is 2.72 bits per heavy atom. The summed E-state index contributed by atoms with van der Waals surface area (Å²) in [5.74, 6) is 0. The van der Waals surface area contributed by atoms with E-state index in [0.29, 0.717) is 22.3 Å². The van der Waals surface area contributed by atoms with E-state index in [1.54, 1.807) is 18.2 Å². The molecule has 0 fully saturated rings. The molecule has 18 heavy (non-hydrogen) atoms. The Morgan fingerprint density at radius 1 is 1.22 bits per heavy atom. The van der Waals surface area contributed by atoms with Crippen molar-refractivity contribution in [3.8, 4) is 0 Å². The number of amides is 2. The summed E-state index contributed by atoms with van der Waals surface area (Å²) in [5.41, 5.74) is 0.483. The van der Waals surface area contributed by atoms with E-state index in [1.807, 2.05) is 0 Å². The number of halogens is 2. The maximum atomic E-state index is 11.5. The lowest BCUT2D eigenvalue weighted by Crippen LogP contribution is -2.29. The molecule has 0 heterocycles. The molecule has 1 aromatic rings. The fourth-order valence-corrected chi connectivity index (χ4v) is 1.71. The highest BCUT2D eigenvalue weighted by Gasteiger charge is 2.05. The Morgan fingerprint density at radius 2 is 2.00 bits per heavy atom. The number of aliphatic hydroxyl groups excluding tert-OH is 1. The molecule has 0 atom stereocenters. The Kier molecular flexibility index (Phi) is 6.86. The third-order valence-electron chi connectivity index (χ3n) is 2.30. The number of hydrogen-bond donors (Lipinski definition) is 3. The van der Waals surface area contributed by atoms with Gasteiger partial charge in [-0.3, -0.25) is 0 Å². The zero-order valence-corrected chi connectivity index (χ0v) is 11.4. The molecule has 100 valence electrons. The highest BCUT2D eigenvalue weighted by molar-refractivity contribution is 6.35. The average Bonchev–Trinajstić information content (AvgIpc) is 2.33. The molecule has 0 aliphatic carbocycles. The third-order valence-corrected chi connectivity index (χ3v) is 2.86. The highest BCUT2D eigenvalue weighted by Crippen LogP contribution is 2.25. The molecule has 0 radical (unpaired) electrons. The highest BCUT2D eigenvalue weighted by atomic mass is 35.5. The lowest BCUT2D eigenvalue weighted by atomic mass is 10.2. The predicted molar refractivity (Wildman–Crippen MR) is 74.4 cm³/mol. The molecule has 3 N–H and O–H groups in total. The summed E-state index contributed by atoms with van der Waals surface area (Å²) in [6.45, 7) is 0.744. The SMILES string of the molecule is O=C(NCCCCCO)Nc1cc(Cl)ccc1Cl. The van der Waals surface area contributed by atoms with Gasteiger partial charge in [0.25, 0.3) is 0 Å². The zero-order valence-electron chi connectivity index (χ0n) is 9.88. The minimum atomic E-state index is -0.317. The van der Waals surface area contributed by atoms with Crippen molar-refractivity contribution in [3.05, 3.63) is 28.2 Å².